The van der Waals surface area contributed by atoms with Crippen LogP contribution in [-0.4, -0.2) is 18.3 Å². The van der Waals surface area contributed by atoms with Gasteiger partial charge in [-0.25, -0.2) is 0 Å². The van der Waals surface area contributed by atoms with Crippen LogP contribution in [0.3, 0.4) is 0 Å². The van der Waals surface area contributed by atoms with Crippen molar-refractivity contribution < 1.29 is 8.81 Å². The van der Waals surface area contributed by atoms with Crippen molar-refractivity contribution in [1.29, 1.82) is 0 Å². The first kappa shape index (κ1) is 15.4. The molecule has 2 nitrogen and oxygen atoms in total. The van der Waals surface area contributed by atoms with E-state index in [9.17, 15) is 4.39 Å². The van der Waals surface area contributed by atoms with Crippen molar-refractivity contribution in [3.63, 3.8) is 0 Å². The molecule has 0 aliphatic heterocycles. The molecule has 0 aliphatic rings. The molecule has 4 heteroatoms. The van der Waals surface area contributed by atoms with E-state index in [0.29, 0.717) is 5.58 Å². The molecule has 0 saturated carbocycles. The third-order valence-corrected chi connectivity index (χ3v) is 8.62. The molecule has 0 fully saturated rings. The molecule has 0 atom stereocenters. The number of pyridine rings is 1. The van der Waals surface area contributed by atoms with Gasteiger partial charge in [-0.1, -0.05) is 0 Å². The van der Waals surface area contributed by atoms with Crippen LogP contribution in [-0.2, 0) is 0 Å². The van der Waals surface area contributed by atoms with Crippen molar-refractivity contribution in [3.05, 3.63) is 60.5 Å². The molecular formula is C20H18FGeNO. The van der Waals surface area contributed by atoms with E-state index < -0.39 is 13.3 Å². The second-order valence-electron chi connectivity index (χ2n) is 7.11. The maximum atomic E-state index is 13.5. The first-order valence-electron chi connectivity index (χ1n) is 8.01. The summed E-state index contributed by atoms with van der Waals surface area (Å²) in [6.07, 6.45) is 2.00. The predicted molar refractivity (Wildman–Crippen MR) is 99.9 cm³/mol. The normalized spacial score (nSPS) is 12.2. The van der Waals surface area contributed by atoms with Crippen LogP contribution < -0.4 is 4.40 Å². The van der Waals surface area contributed by atoms with Crippen LogP contribution in [0.2, 0.25) is 17.3 Å². The third-order valence-electron chi connectivity index (χ3n) is 4.37. The van der Waals surface area contributed by atoms with Gasteiger partial charge in [0.1, 0.15) is 0 Å². The number of hydrogen-bond acceptors (Lipinski definition) is 2. The molecular weight excluding hydrogens is 362 g/mol. The van der Waals surface area contributed by atoms with Gasteiger partial charge in [-0.2, -0.15) is 0 Å². The van der Waals surface area contributed by atoms with Crippen molar-refractivity contribution in [3.8, 4) is 11.3 Å². The van der Waals surface area contributed by atoms with E-state index in [2.05, 4.69) is 34.4 Å². The Morgan fingerprint density at radius 2 is 1.79 bits per heavy atom. The van der Waals surface area contributed by atoms with Gasteiger partial charge in [0.05, 0.1) is 0 Å². The number of hydrogen-bond donors (Lipinski definition) is 0. The quantitative estimate of drug-likeness (QED) is 0.440. The van der Waals surface area contributed by atoms with Gasteiger partial charge in [-0.05, 0) is 0 Å². The van der Waals surface area contributed by atoms with Gasteiger partial charge in [-0.15, -0.1) is 0 Å². The fraction of sp³-hybridized carbons (Fsp3) is 0.150. The van der Waals surface area contributed by atoms with E-state index in [0.717, 1.165) is 27.6 Å². The van der Waals surface area contributed by atoms with Crippen LogP contribution >= 0.6 is 0 Å². The Labute approximate surface area is 142 Å². The second kappa shape index (κ2) is 5.45. The van der Waals surface area contributed by atoms with Crippen molar-refractivity contribution in [2.75, 3.05) is 0 Å². The number of fused-ring (bicyclic) bond motifs is 3. The standard InChI is InChI=1S/C20H18FGeNO/c1-22(2,3)14-8-10-18(23-12-14)17-6-4-5-16-15-9-7-13(21)11-19(15)24-20(16)17/h4-12H,1-3H3. The van der Waals surface area contributed by atoms with Gasteiger partial charge in [0, 0.05) is 0 Å². The van der Waals surface area contributed by atoms with E-state index in [4.69, 9.17) is 4.42 Å². The average molecular weight is 380 g/mol. The molecule has 0 saturated heterocycles. The zero-order valence-corrected chi connectivity index (χ0v) is 16.0. The Kier molecular flexibility index (Phi) is 3.50. The molecule has 2 aromatic carbocycles. The second-order valence-corrected chi connectivity index (χ2v) is 17.8. The molecule has 0 amide bonds. The maximum absolute atomic E-state index is 13.5. The zero-order chi connectivity index (χ0) is 16.9. The topological polar surface area (TPSA) is 26.0 Å². The van der Waals surface area contributed by atoms with Crippen molar-refractivity contribution in [1.82, 2.24) is 4.98 Å². The van der Waals surface area contributed by atoms with Crippen LogP contribution in [0.15, 0.2) is 59.1 Å². The fourth-order valence-electron chi connectivity index (χ4n) is 2.97. The zero-order valence-electron chi connectivity index (χ0n) is 13.9. The van der Waals surface area contributed by atoms with Crippen molar-refractivity contribution >= 4 is 39.6 Å². The van der Waals surface area contributed by atoms with Gasteiger partial charge < -0.3 is 0 Å². The van der Waals surface area contributed by atoms with Crippen LogP contribution in [0.4, 0.5) is 4.39 Å². The Morgan fingerprint density at radius 1 is 0.958 bits per heavy atom. The van der Waals surface area contributed by atoms with Gasteiger partial charge in [0.25, 0.3) is 0 Å². The van der Waals surface area contributed by atoms with Gasteiger partial charge in [-0.3, -0.25) is 0 Å². The minimum absolute atomic E-state index is 0.289. The first-order valence-corrected chi connectivity index (χ1v) is 15.4. The fourth-order valence-corrected chi connectivity index (χ4v) is 5.14. The molecule has 2 heterocycles. The SMILES string of the molecule is [CH3][Ge]([CH3])([CH3])[c]1ccc(-c2cccc3c2oc2cc(F)ccc23)nc1. The molecule has 0 unspecified atom stereocenters. The van der Waals surface area contributed by atoms with E-state index in [1.54, 1.807) is 6.07 Å². The summed E-state index contributed by atoms with van der Waals surface area (Å²) in [6, 6.07) is 14.9. The van der Waals surface area contributed by atoms with Crippen molar-refractivity contribution in [2.45, 2.75) is 17.3 Å². The molecule has 0 aliphatic carbocycles. The number of halogens is 1. The molecule has 24 heavy (non-hydrogen) atoms. The summed E-state index contributed by atoms with van der Waals surface area (Å²) in [5, 5.41) is 1.91. The van der Waals surface area contributed by atoms with Crippen molar-refractivity contribution in [2.24, 2.45) is 0 Å². The molecule has 0 N–H and O–H groups in total. The summed E-state index contributed by atoms with van der Waals surface area (Å²) < 4.78 is 20.8. The summed E-state index contributed by atoms with van der Waals surface area (Å²) in [4.78, 5) is 4.67. The summed E-state index contributed by atoms with van der Waals surface area (Å²) in [6.45, 7) is 0. The third kappa shape index (κ3) is 2.53. The molecule has 0 radical (unpaired) electrons. The number of benzene rings is 2. The van der Waals surface area contributed by atoms with Gasteiger partial charge >= 0.3 is 142 Å². The van der Waals surface area contributed by atoms with Crippen LogP contribution in [0.1, 0.15) is 0 Å². The number of rotatable bonds is 2. The molecule has 4 rings (SSSR count). The van der Waals surface area contributed by atoms with E-state index in [-0.39, 0.29) is 5.82 Å². The minimum atomic E-state index is -1.87. The number of aromatic nitrogens is 1. The summed E-state index contributed by atoms with van der Waals surface area (Å²) in [7, 11) is 0. The van der Waals surface area contributed by atoms with Crippen LogP contribution in [0, 0.1) is 5.82 Å². The number of para-hydroxylation sites is 1. The molecule has 120 valence electrons. The Hall–Kier alpha value is -2.14. The summed E-state index contributed by atoms with van der Waals surface area (Å²) >= 11 is -1.87. The number of nitrogens with zero attached hydrogens (tertiary/aromatic N) is 1. The van der Waals surface area contributed by atoms with Gasteiger partial charge in [0.15, 0.2) is 0 Å². The molecule has 0 bridgehead atoms. The first-order chi connectivity index (χ1) is 11.4. The Morgan fingerprint density at radius 3 is 2.50 bits per heavy atom. The Bertz CT molecular complexity index is 1050. The summed E-state index contributed by atoms with van der Waals surface area (Å²) in [5.74, 6) is 6.77. The molecule has 4 aromatic rings. The van der Waals surface area contributed by atoms with Crippen LogP contribution in [0.25, 0.3) is 33.2 Å². The van der Waals surface area contributed by atoms with Gasteiger partial charge in [0.2, 0.25) is 0 Å². The van der Waals surface area contributed by atoms with E-state index >= 15 is 0 Å². The van der Waals surface area contributed by atoms with E-state index in [1.807, 2.05) is 24.4 Å². The monoisotopic (exact) mass is 381 g/mol. The molecule has 0 spiro atoms. The predicted octanol–water partition coefficient (Wildman–Crippen LogP) is 5.33. The average Bonchev–Trinajstić information content (AvgIpc) is 2.91. The Balaban J connectivity index is 1.92. The molecule has 2 aromatic heterocycles. The number of furan rings is 1. The summed E-state index contributed by atoms with van der Waals surface area (Å²) in [5.41, 5.74) is 3.15. The van der Waals surface area contributed by atoms with E-state index in [1.165, 1.54) is 16.5 Å². The van der Waals surface area contributed by atoms with Crippen LogP contribution in [0.5, 0.6) is 0 Å².